The van der Waals surface area contributed by atoms with Crippen molar-refractivity contribution in [1.29, 1.82) is 0 Å². The normalized spacial score (nSPS) is 14.1. The molecule has 1 aliphatic rings. The maximum atomic E-state index is 12.9. The number of carbonyl (C=O) groups excluding carboxylic acids is 2. The molecular formula is C26H27N7O2. The molecule has 3 heterocycles. The monoisotopic (exact) mass is 469 g/mol. The summed E-state index contributed by atoms with van der Waals surface area (Å²) < 4.78 is 0. The summed E-state index contributed by atoms with van der Waals surface area (Å²) >= 11 is 0. The molecule has 2 aromatic carbocycles. The van der Waals surface area contributed by atoms with Crippen molar-refractivity contribution >= 4 is 34.2 Å². The second-order valence-corrected chi connectivity index (χ2v) is 8.66. The van der Waals surface area contributed by atoms with Gasteiger partial charge in [0, 0.05) is 67.3 Å². The van der Waals surface area contributed by atoms with Crippen LogP contribution in [0, 0.1) is 0 Å². The van der Waals surface area contributed by atoms with Crippen molar-refractivity contribution in [3.8, 4) is 0 Å². The lowest BCUT2D eigenvalue weighted by Gasteiger charge is -2.34. The molecule has 9 heteroatoms. The first-order valence-corrected chi connectivity index (χ1v) is 11.6. The molecule has 1 saturated heterocycles. The number of H-pyrrole nitrogens is 1. The number of hydrogen-bond acceptors (Lipinski definition) is 6. The fourth-order valence-electron chi connectivity index (χ4n) is 4.10. The van der Waals surface area contributed by atoms with Gasteiger partial charge in [-0.05, 0) is 67.2 Å². The van der Waals surface area contributed by atoms with E-state index in [2.05, 4.69) is 42.7 Å². The SMILES string of the molecule is CN1CCN(c2ccc(C(=O)Nc3n[nH]c4ccc(C(=O)NCc5ccncc5)cc34)cc2)CC1. The highest BCUT2D eigenvalue weighted by Gasteiger charge is 2.16. The van der Waals surface area contributed by atoms with Crippen LogP contribution in [0.4, 0.5) is 11.5 Å². The number of aromatic amines is 1. The first-order valence-electron chi connectivity index (χ1n) is 11.6. The predicted octanol–water partition coefficient (Wildman–Crippen LogP) is 2.89. The van der Waals surface area contributed by atoms with Crippen molar-refractivity contribution in [2.75, 3.05) is 43.4 Å². The number of aromatic nitrogens is 3. The molecule has 0 atom stereocenters. The minimum absolute atomic E-state index is 0.207. The second-order valence-electron chi connectivity index (χ2n) is 8.66. The number of carbonyl (C=O) groups is 2. The van der Waals surface area contributed by atoms with Gasteiger partial charge >= 0.3 is 0 Å². The number of amides is 2. The van der Waals surface area contributed by atoms with Gasteiger partial charge in [0.1, 0.15) is 0 Å². The third-order valence-corrected chi connectivity index (χ3v) is 6.26. The van der Waals surface area contributed by atoms with Crippen molar-refractivity contribution in [3.63, 3.8) is 0 Å². The molecule has 2 aromatic heterocycles. The zero-order valence-electron chi connectivity index (χ0n) is 19.5. The molecule has 178 valence electrons. The zero-order valence-corrected chi connectivity index (χ0v) is 19.5. The van der Waals surface area contributed by atoms with Crippen LogP contribution in [-0.4, -0.2) is 65.1 Å². The van der Waals surface area contributed by atoms with Gasteiger partial charge in [0.25, 0.3) is 11.8 Å². The summed E-state index contributed by atoms with van der Waals surface area (Å²) in [5, 5.41) is 13.6. The number of rotatable bonds is 6. The molecule has 0 saturated carbocycles. The number of anilines is 2. The number of benzene rings is 2. The highest BCUT2D eigenvalue weighted by atomic mass is 16.2. The smallest absolute Gasteiger partial charge is 0.256 e. The molecule has 4 aromatic rings. The van der Waals surface area contributed by atoms with Crippen LogP contribution in [0.1, 0.15) is 26.3 Å². The fraction of sp³-hybridized carbons (Fsp3) is 0.231. The second kappa shape index (κ2) is 9.94. The fourth-order valence-corrected chi connectivity index (χ4v) is 4.10. The molecule has 35 heavy (non-hydrogen) atoms. The van der Waals surface area contributed by atoms with Gasteiger partial charge in [0.2, 0.25) is 0 Å². The molecule has 0 spiro atoms. The number of likely N-dealkylation sites (N-methyl/N-ethyl adjacent to an activating group) is 1. The molecule has 2 amide bonds. The first kappa shape index (κ1) is 22.5. The first-order chi connectivity index (χ1) is 17.1. The summed E-state index contributed by atoms with van der Waals surface area (Å²) in [6, 6.07) is 16.6. The van der Waals surface area contributed by atoms with Crippen LogP contribution >= 0.6 is 0 Å². The number of pyridine rings is 1. The van der Waals surface area contributed by atoms with Gasteiger partial charge < -0.3 is 20.4 Å². The Balaban J connectivity index is 1.26. The van der Waals surface area contributed by atoms with E-state index in [0.717, 1.165) is 42.9 Å². The van der Waals surface area contributed by atoms with E-state index in [1.807, 2.05) is 36.4 Å². The predicted molar refractivity (Wildman–Crippen MR) is 136 cm³/mol. The lowest BCUT2D eigenvalue weighted by atomic mass is 10.1. The van der Waals surface area contributed by atoms with Crippen molar-refractivity contribution < 1.29 is 9.59 Å². The van der Waals surface area contributed by atoms with Crippen LogP contribution in [0.15, 0.2) is 67.0 Å². The van der Waals surface area contributed by atoms with E-state index in [1.54, 1.807) is 30.6 Å². The minimum Gasteiger partial charge on any atom is -0.369 e. The van der Waals surface area contributed by atoms with E-state index in [4.69, 9.17) is 0 Å². The van der Waals surface area contributed by atoms with Gasteiger partial charge in [0.15, 0.2) is 5.82 Å². The topological polar surface area (TPSA) is 106 Å². The molecule has 0 radical (unpaired) electrons. The van der Waals surface area contributed by atoms with E-state index in [0.29, 0.717) is 28.9 Å². The molecule has 5 rings (SSSR count). The molecule has 9 nitrogen and oxygen atoms in total. The molecule has 1 aliphatic heterocycles. The van der Waals surface area contributed by atoms with Crippen LogP contribution in [0.3, 0.4) is 0 Å². The summed E-state index contributed by atoms with van der Waals surface area (Å²) in [6.07, 6.45) is 3.38. The van der Waals surface area contributed by atoms with Crippen molar-refractivity contribution in [2.24, 2.45) is 0 Å². The van der Waals surface area contributed by atoms with Crippen molar-refractivity contribution in [3.05, 3.63) is 83.7 Å². The van der Waals surface area contributed by atoms with Gasteiger partial charge in [-0.2, -0.15) is 5.10 Å². The summed E-state index contributed by atoms with van der Waals surface area (Å²) in [5.74, 6) is -0.0746. The largest absolute Gasteiger partial charge is 0.369 e. The Morgan fingerprint density at radius 3 is 2.37 bits per heavy atom. The van der Waals surface area contributed by atoms with Gasteiger partial charge in [-0.1, -0.05) is 0 Å². The highest BCUT2D eigenvalue weighted by Crippen LogP contribution is 2.23. The number of nitrogens with one attached hydrogen (secondary N) is 3. The Bertz CT molecular complexity index is 1330. The number of hydrogen-bond donors (Lipinski definition) is 3. The summed E-state index contributed by atoms with van der Waals surface area (Å²) in [5.41, 5.74) is 3.84. The van der Waals surface area contributed by atoms with Crippen LogP contribution in [0.2, 0.25) is 0 Å². The van der Waals surface area contributed by atoms with Gasteiger partial charge in [-0.15, -0.1) is 0 Å². The lowest BCUT2D eigenvalue weighted by Crippen LogP contribution is -2.44. The number of piperazine rings is 1. The third-order valence-electron chi connectivity index (χ3n) is 6.26. The Labute approximate surface area is 203 Å². The summed E-state index contributed by atoms with van der Waals surface area (Å²) in [6.45, 7) is 4.40. The molecular weight excluding hydrogens is 442 g/mol. The summed E-state index contributed by atoms with van der Waals surface area (Å²) in [4.78, 5) is 34.2. The Morgan fingerprint density at radius 2 is 1.63 bits per heavy atom. The Hall–Kier alpha value is -4.24. The molecule has 1 fully saturated rings. The standard InChI is InChI=1S/C26H27N7O2/c1-32-12-14-33(15-13-32)21-5-2-19(3-6-21)26(35)29-24-22-16-20(4-7-23(22)30-31-24)25(34)28-17-18-8-10-27-11-9-18/h2-11,16H,12-15,17H2,1H3,(H,28,34)(H2,29,30,31,35). The Morgan fingerprint density at radius 1 is 0.914 bits per heavy atom. The third kappa shape index (κ3) is 5.15. The maximum Gasteiger partial charge on any atom is 0.256 e. The maximum absolute atomic E-state index is 12.9. The summed E-state index contributed by atoms with van der Waals surface area (Å²) in [7, 11) is 2.13. The van der Waals surface area contributed by atoms with Crippen LogP contribution in [-0.2, 0) is 6.54 Å². The average Bonchev–Trinajstić information content (AvgIpc) is 3.30. The highest BCUT2D eigenvalue weighted by molar-refractivity contribution is 6.09. The van der Waals surface area contributed by atoms with Crippen LogP contribution < -0.4 is 15.5 Å². The van der Waals surface area contributed by atoms with E-state index in [-0.39, 0.29) is 11.8 Å². The Kier molecular flexibility index (Phi) is 6.40. The van der Waals surface area contributed by atoms with Crippen molar-refractivity contribution in [1.82, 2.24) is 25.4 Å². The van der Waals surface area contributed by atoms with E-state index >= 15 is 0 Å². The molecule has 0 unspecified atom stereocenters. The number of fused-ring (bicyclic) bond motifs is 1. The average molecular weight is 470 g/mol. The van der Waals surface area contributed by atoms with Gasteiger partial charge in [-0.25, -0.2) is 0 Å². The number of nitrogens with zero attached hydrogens (tertiary/aromatic N) is 4. The van der Waals surface area contributed by atoms with Gasteiger partial charge in [-0.3, -0.25) is 19.7 Å². The van der Waals surface area contributed by atoms with E-state index < -0.39 is 0 Å². The van der Waals surface area contributed by atoms with E-state index in [1.165, 1.54) is 0 Å². The quantitative estimate of drug-likeness (QED) is 0.401. The minimum atomic E-state index is -0.254. The van der Waals surface area contributed by atoms with Gasteiger partial charge in [0.05, 0.1) is 5.52 Å². The zero-order chi connectivity index (χ0) is 24.2. The van der Waals surface area contributed by atoms with Crippen LogP contribution in [0.5, 0.6) is 0 Å². The van der Waals surface area contributed by atoms with Crippen molar-refractivity contribution in [2.45, 2.75) is 6.54 Å². The van der Waals surface area contributed by atoms with Crippen LogP contribution in [0.25, 0.3) is 10.9 Å². The molecule has 3 N–H and O–H groups in total. The van der Waals surface area contributed by atoms with E-state index in [9.17, 15) is 9.59 Å². The molecule has 0 bridgehead atoms. The molecule has 0 aliphatic carbocycles. The lowest BCUT2D eigenvalue weighted by molar-refractivity contribution is 0.0950.